The van der Waals surface area contributed by atoms with Gasteiger partial charge in [0.25, 0.3) is 6.64 Å². The molecule has 164 valence electrons. The first-order valence-electron chi connectivity index (χ1n) is 11.2. The van der Waals surface area contributed by atoms with Crippen molar-refractivity contribution in [2.75, 3.05) is 6.54 Å². The van der Waals surface area contributed by atoms with Crippen molar-refractivity contribution in [1.82, 2.24) is 4.67 Å². The average molecular weight is 462 g/mol. The Bertz CT molecular complexity index is 1080. The first kappa shape index (κ1) is 21.8. The van der Waals surface area contributed by atoms with Gasteiger partial charge in [0.05, 0.1) is 6.04 Å². The molecule has 2 aliphatic rings. The Hall–Kier alpha value is -2.07. The van der Waals surface area contributed by atoms with Gasteiger partial charge in [-0.2, -0.15) is 0 Å². The van der Waals surface area contributed by atoms with Gasteiger partial charge >= 0.3 is 0 Å². The minimum absolute atomic E-state index is 0.153. The molecule has 3 nitrogen and oxygen atoms in total. The second-order valence-corrected chi connectivity index (χ2v) is 11.5. The van der Waals surface area contributed by atoms with Gasteiger partial charge in [-0.1, -0.05) is 103 Å². The summed E-state index contributed by atoms with van der Waals surface area (Å²) in [6.07, 6.45) is 5.99. The summed E-state index contributed by atoms with van der Waals surface area (Å²) in [7, 11) is 0. The zero-order valence-electron chi connectivity index (χ0n) is 18.2. The molecule has 0 bridgehead atoms. The van der Waals surface area contributed by atoms with Crippen molar-refractivity contribution in [3.63, 3.8) is 0 Å². The number of allylic oxidation sites excluding steroid dienone is 1. The second kappa shape index (κ2) is 9.05. The van der Waals surface area contributed by atoms with Crippen molar-refractivity contribution >= 4 is 18.4 Å². The molecule has 0 saturated carbocycles. The molecule has 0 aliphatic carbocycles. The smallest absolute Gasteiger partial charge is 0.266 e. The summed E-state index contributed by atoms with van der Waals surface area (Å²) in [5.74, 6) is 0. The fourth-order valence-electron chi connectivity index (χ4n) is 5.03. The van der Waals surface area contributed by atoms with E-state index in [9.17, 15) is 0 Å². The van der Waals surface area contributed by atoms with Gasteiger partial charge in [-0.25, -0.2) is 4.67 Å². The van der Waals surface area contributed by atoms with E-state index in [1.165, 1.54) is 0 Å². The Morgan fingerprint density at radius 2 is 1.53 bits per heavy atom. The minimum atomic E-state index is -2.76. The van der Waals surface area contributed by atoms with Crippen molar-refractivity contribution in [1.29, 1.82) is 0 Å². The highest BCUT2D eigenvalue weighted by Gasteiger charge is 2.61. The highest BCUT2D eigenvalue weighted by Crippen LogP contribution is 2.71. The highest BCUT2D eigenvalue weighted by atomic mass is 32.5. The first-order chi connectivity index (χ1) is 15.7. The summed E-state index contributed by atoms with van der Waals surface area (Å²) < 4.78 is 16.2. The SMILES string of the molecule is C/C=C/C(OP1(=S)OC(c2ccccc2)(c2ccccc2)[C@@H]2CCCN21)c1ccccc1. The van der Waals surface area contributed by atoms with Crippen LogP contribution in [-0.2, 0) is 26.5 Å². The summed E-state index contributed by atoms with van der Waals surface area (Å²) in [5.41, 5.74) is 2.73. The van der Waals surface area contributed by atoms with E-state index in [0.717, 1.165) is 36.1 Å². The maximum absolute atomic E-state index is 7.07. The van der Waals surface area contributed by atoms with E-state index >= 15 is 0 Å². The minimum Gasteiger partial charge on any atom is -0.305 e. The van der Waals surface area contributed by atoms with Gasteiger partial charge in [-0.05, 0) is 48.3 Å². The lowest BCUT2D eigenvalue weighted by Crippen LogP contribution is -2.40. The molecule has 3 aromatic carbocycles. The monoisotopic (exact) mass is 461 g/mol. The van der Waals surface area contributed by atoms with Crippen LogP contribution in [0.2, 0.25) is 0 Å². The quantitative estimate of drug-likeness (QED) is 0.291. The van der Waals surface area contributed by atoms with E-state index in [1.54, 1.807) is 0 Å². The van der Waals surface area contributed by atoms with Crippen LogP contribution in [0.25, 0.3) is 0 Å². The van der Waals surface area contributed by atoms with Gasteiger partial charge in [0.15, 0.2) is 0 Å². The molecule has 2 fully saturated rings. The number of benzene rings is 3. The Morgan fingerprint density at radius 3 is 2.09 bits per heavy atom. The molecule has 2 heterocycles. The normalized spacial score (nSPS) is 25.7. The third-order valence-corrected chi connectivity index (χ3v) is 9.65. The lowest BCUT2D eigenvalue weighted by molar-refractivity contribution is 0.0968. The van der Waals surface area contributed by atoms with Crippen LogP contribution in [0.4, 0.5) is 0 Å². The Balaban J connectivity index is 1.62. The molecule has 3 atom stereocenters. The Kier molecular flexibility index (Phi) is 6.16. The van der Waals surface area contributed by atoms with Crippen molar-refractivity contribution in [3.8, 4) is 0 Å². The van der Waals surface area contributed by atoms with Gasteiger partial charge in [0, 0.05) is 6.54 Å². The molecular weight excluding hydrogens is 433 g/mol. The molecule has 5 heteroatoms. The lowest BCUT2D eigenvalue weighted by atomic mass is 9.79. The van der Waals surface area contributed by atoms with Crippen LogP contribution in [0, 0.1) is 0 Å². The molecule has 3 aromatic rings. The van der Waals surface area contributed by atoms with Crippen LogP contribution in [0.15, 0.2) is 103 Å². The third-order valence-electron chi connectivity index (χ3n) is 6.42. The number of nitrogens with zero attached hydrogens (tertiary/aromatic N) is 1. The Labute approximate surface area is 195 Å². The van der Waals surface area contributed by atoms with Crippen molar-refractivity contribution < 1.29 is 9.05 Å². The molecule has 2 saturated heterocycles. The van der Waals surface area contributed by atoms with E-state index in [4.69, 9.17) is 20.9 Å². The van der Waals surface area contributed by atoms with E-state index < -0.39 is 12.2 Å². The predicted molar refractivity (Wildman–Crippen MR) is 134 cm³/mol. The lowest BCUT2D eigenvalue weighted by Gasteiger charge is -2.34. The molecule has 0 aromatic heterocycles. The van der Waals surface area contributed by atoms with Gasteiger partial charge in [-0.15, -0.1) is 0 Å². The Morgan fingerprint density at radius 1 is 0.969 bits per heavy atom. The van der Waals surface area contributed by atoms with E-state index in [-0.39, 0.29) is 12.1 Å². The average Bonchev–Trinajstić information content (AvgIpc) is 3.43. The molecule has 2 aliphatic heterocycles. The van der Waals surface area contributed by atoms with Crippen molar-refractivity contribution in [3.05, 3.63) is 120 Å². The zero-order valence-corrected chi connectivity index (χ0v) is 19.9. The molecule has 0 spiro atoms. The van der Waals surface area contributed by atoms with Crippen molar-refractivity contribution in [2.24, 2.45) is 0 Å². The maximum atomic E-state index is 7.07. The van der Waals surface area contributed by atoms with Crippen LogP contribution in [0.5, 0.6) is 0 Å². The van der Waals surface area contributed by atoms with E-state index in [0.29, 0.717) is 0 Å². The number of hydrogen-bond donors (Lipinski definition) is 0. The van der Waals surface area contributed by atoms with Gasteiger partial charge in [0.1, 0.15) is 11.7 Å². The number of hydrogen-bond acceptors (Lipinski definition) is 3. The van der Waals surface area contributed by atoms with E-state index in [1.807, 2.05) is 43.3 Å². The fourth-order valence-corrected chi connectivity index (χ4v) is 8.70. The van der Waals surface area contributed by atoms with Gasteiger partial charge in [0.2, 0.25) is 0 Å². The van der Waals surface area contributed by atoms with Crippen LogP contribution in [0.3, 0.4) is 0 Å². The van der Waals surface area contributed by atoms with Crippen LogP contribution in [0.1, 0.15) is 42.6 Å². The molecule has 2 unspecified atom stereocenters. The molecule has 32 heavy (non-hydrogen) atoms. The number of rotatable bonds is 6. The summed E-state index contributed by atoms with van der Waals surface area (Å²) in [6, 6.07) is 31.5. The van der Waals surface area contributed by atoms with Gasteiger partial charge < -0.3 is 4.52 Å². The molecular formula is C27H28NO2PS. The van der Waals surface area contributed by atoms with Crippen LogP contribution >= 0.6 is 6.64 Å². The summed E-state index contributed by atoms with van der Waals surface area (Å²) in [4.78, 5) is 0. The second-order valence-electron chi connectivity index (χ2n) is 8.31. The fraction of sp³-hybridized carbons (Fsp3) is 0.259. The molecule has 0 amide bonds. The highest BCUT2D eigenvalue weighted by molar-refractivity contribution is 8.08. The molecule has 0 N–H and O–H groups in total. The van der Waals surface area contributed by atoms with Crippen LogP contribution in [-0.4, -0.2) is 17.3 Å². The van der Waals surface area contributed by atoms with Crippen molar-refractivity contribution in [2.45, 2.75) is 37.5 Å². The van der Waals surface area contributed by atoms with Gasteiger partial charge in [-0.3, -0.25) is 4.52 Å². The number of fused-ring (bicyclic) bond motifs is 1. The summed E-state index contributed by atoms with van der Waals surface area (Å²) in [6.45, 7) is 0.155. The standard InChI is InChI=1S/C27H28NO2PS/c1-2-13-25(22-14-6-3-7-15-22)29-31(32)28-21-12-20-26(28)27(30-31,23-16-8-4-9-17-23)24-18-10-5-11-19-24/h2-11,13-19,25-26H,12,20-21H2,1H3/b13-2+/t25?,26-,31?/m0/s1. The van der Waals surface area contributed by atoms with E-state index in [2.05, 4.69) is 71.4 Å². The summed E-state index contributed by atoms with van der Waals surface area (Å²) in [5, 5.41) is 0. The maximum Gasteiger partial charge on any atom is 0.266 e. The first-order valence-corrected chi connectivity index (χ1v) is 13.8. The molecule has 0 radical (unpaired) electrons. The largest absolute Gasteiger partial charge is 0.305 e. The topological polar surface area (TPSA) is 21.7 Å². The third kappa shape index (κ3) is 3.71. The summed E-state index contributed by atoms with van der Waals surface area (Å²) >= 11 is 6.30. The zero-order chi connectivity index (χ0) is 22.0. The predicted octanol–water partition coefficient (Wildman–Crippen LogP) is 6.98. The molecule has 5 rings (SSSR count). The van der Waals surface area contributed by atoms with Crippen LogP contribution < -0.4 is 0 Å².